The summed E-state index contributed by atoms with van der Waals surface area (Å²) in [5.41, 5.74) is 2.99. The predicted molar refractivity (Wildman–Crippen MR) is 123 cm³/mol. The van der Waals surface area contributed by atoms with E-state index in [-0.39, 0.29) is 31.4 Å². The van der Waals surface area contributed by atoms with Gasteiger partial charge in [0, 0.05) is 41.1 Å². The Kier molecular flexibility index (Phi) is 11.2. The van der Waals surface area contributed by atoms with Gasteiger partial charge in [-0.25, -0.2) is 0 Å². The van der Waals surface area contributed by atoms with Crippen LogP contribution in [0.5, 0.6) is 11.5 Å². The Morgan fingerprint density at radius 1 is 0.897 bits per heavy atom. The Morgan fingerprint density at radius 3 is 2.28 bits per heavy atom. The van der Waals surface area contributed by atoms with Crippen molar-refractivity contribution in [2.45, 2.75) is 19.7 Å². The first-order valence-corrected chi connectivity index (χ1v) is 9.25. The average molecular weight is 476 g/mol. The van der Waals surface area contributed by atoms with Crippen molar-refractivity contribution < 1.29 is 9.47 Å². The largest absolute Gasteiger partial charge is 0.493 e. The number of nitrogens with zero attached hydrogens (tertiary/aromatic N) is 1. The Labute approximate surface area is 193 Å². The fourth-order valence-electron chi connectivity index (χ4n) is 2.62. The zero-order chi connectivity index (χ0) is 19.1. The van der Waals surface area contributed by atoms with Crippen LogP contribution >= 0.6 is 48.0 Å². The molecule has 0 bridgehead atoms. The molecule has 0 unspecified atom stereocenters. The minimum absolute atomic E-state index is 0. The van der Waals surface area contributed by atoms with Crippen molar-refractivity contribution in [2.24, 2.45) is 0 Å². The molecule has 0 amide bonds. The summed E-state index contributed by atoms with van der Waals surface area (Å²) in [4.78, 5) is 4.11. The summed E-state index contributed by atoms with van der Waals surface area (Å²) in [6, 6.07) is 15.2. The van der Waals surface area contributed by atoms with Crippen molar-refractivity contribution in [3.63, 3.8) is 0 Å². The van der Waals surface area contributed by atoms with Crippen LogP contribution in [-0.4, -0.2) is 12.1 Å². The van der Waals surface area contributed by atoms with E-state index in [9.17, 15) is 0 Å². The van der Waals surface area contributed by atoms with Crippen LogP contribution in [-0.2, 0) is 19.7 Å². The second kappa shape index (κ2) is 12.8. The van der Waals surface area contributed by atoms with Crippen molar-refractivity contribution in [1.82, 2.24) is 10.3 Å². The van der Waals surface area contributed by atoms with Gasteiger partial charge in [0.05, 0.1) is 7.11 Å². The minimum Gasteiger partial charge on any atom is -0.493 e. The summed E-state index contributed by atoms with van der Waals surface area (Å²) in [5.74, 6) is 1.31. The second-order valence-corrected chi connectivity index (χ2v) is 6.75. The molecule has 1 aromatic heterocycles. The fourth-order valence-corrected chi connectivity index (χ4v) is 3.12. The second-order valence-electron chi connectivity index (χ2n) is 5.94. The highest BCUT2D eigenvalue weighted by Crippen LogP contribution is 2.31. The number of pyridine rings is 1. The molecule has 3 aromatic rings. The van der Waals surface area contributed by atoms with Gasteiger partial charge < -0.3 is 14.8 Å². The van der Waals surface area contributed by atoms with Gasteiger partial charge in [0.15, 0.2) is 11.5 Å². The molecule has 0 aliphatic carbocycles. The molecule has 4 nitrogen and oxygen atoms in total. The van der Waals surface area contributed by atoms with E-state index in [1.54, 1.807) is 25.4 Å². The molecular formula is C21H22Cl4N2O2. The van der Waals surface area contributed by atoms with Gasteiger partial charge in [-0.15, -0.1) is 24.8 Å². The van der Waals surface area contributed by atoms with Gasteiger partial charge in [0.1, 0.15) is 6.61 Å². The number of benzene rings is 2. The fraction of sp³-hybridized carbons (Fsp3) is 0.190. The highest BCUT2D eigenvalue weighted by atomic mass is 35.5. The maximum Gasteiger partial charge on any atom is 0.161 e. The third kappa shape index (κ3) is 7.25. The van der Waals surface area contributed by atoms with Crippen LogP contribution in [0, 0.1) is 0 Å². The minimum atomic E-state index is 0. The number of aromatic nitrogens is 1. The summed E-state index contributed by atoms with van der Waals surface area (Å²) < 4.78 is 11.4. The molecule has 3 rings (SSSR count). The molecule has 0 spiro atoms. The van der Waals surface area contributed by atoms with Gasteiger partial charge in [-0.3, -0.25) is 4.98 Å². The van der Waals surface area contributed by atoms with Crippen LogP contribution < -0.4 is 14.8 Å². The zero-order valence-electron chi connectivity index (χ0n) is 15.7. The molecule has 0 fully saturated rings. The van der Waals surface area contributed by atoms with Crippen LogP contribution in [0.1, 0.15) is 16.7 Å². The molecule has 0 aliphatic heterocycles. The smallest absolute Gasteiger partial charge is 0.161 e. The van der Waals surface area contributed by atoms with Gasteiger partial charge in [-0.1, -0.05) is 41.4 Å². The lowest BCUT2D eigenvalue weighted by Gasteiger charge is -2.14. The Balaban J connectivity index is 0.00000210. The first kappa shape index (κ1) is 25.3. The lowest BCUT2D eigenvalue weighted by atomic mass is 10.2. The maximum atomic E-state index is 6.19. The van der Waals surface area contributed by atoms with E-state index in [4.69, 9.17) is 32.7 Å². The molecule has 0 saturated carbocycles. The van der Waals surface area contributed by atoms with Crippen molar-refractivity contribution in [3.05, 3.63) is 87.7 Å². The van der Waals surface area contributed by atoms with E-state index in [0.29, 0.717) is 28.1 Å². The highest BCUT2D eigenvalue weighted by Gasteiger charge is 2.10. The zero-order valence-corrected chi connectivity index (χ0v) is 18.9. The van der Waals surface area contributed by atoms with E-state index >= 15 is 0 Å². The summed E-state index contributed by atoms with van der Waals surface area (Å²) in [6.07, 6.45) is 3.62. The normalized spacial score (nSPS) is 9.90. The van der Waals surface area contributed by atoms with E-state index in [1.165, 1.54) is 0 Å². The molecule has 2 aromatic carbocycles. The third-order valence-corrected chi connectivity index (χ3v) is 4.75. The Morgan fingerprint density at radius 2 is 1.62 bits per heavy atom. The molecule has 29 heavy (non-hydrogen) atoms. The monoisotopic (exact) mass is 474 g/mol. The average Bonchev–Trinajstić information content (AvgIpc) is 2.69. The third-order valence-electron chi connectivity index (χ3n) is 4.04. The van der Waals surface area contributed by atoms with Crippen molar-refractivity contribution in [2.75, 3.05) is 7.11 Å². The molecule has 8 heteroatoms. The lowest BCUT2D eigenvalue weighted by molar-refractivity contribution is 0.284. The van der Waals surface area contributed by atoms with Gasteiger partial charge in [-0.2, -0.15) is 0 Å². The maximum absolute atomic E-state index is 6.19. The van der Waals surface area contributed by atoms with Crippen LogP contribution in [0.2, 0.25) is 10.0 Å². The van der Waals surface area contributed by atoms with E-state index in [0.717, 1.165) is 23.2 Å². The van der Waals surface area contributed by atoms with Crippen LogP contribution in [0.3, 0.4) is 0 Å². The predicted octanol–water partition coefficient (Wildman–Crippen LogP) is 6.11. The van der Waals surface area contributed by atoms with E-state index < -0.39 is 0 Å². The molecule has 0 saturated heterocycles. The molecule has 1 heterocycles. The Bertz CT molecular complexity index is 875. The standard InChI is InChI=1S/C21H20Cl2N2O2.2ClH/c1-26-21-10-15(11-25-13-16-4-3-9-24-12-16)7-8-20(21)27-14-17-18(22)5-2-6-19(17)23;;/h2-10,12,25H,11,13-14H2,1H3;2*1H. The van der Waals surface area contributed by atoms with Gasteiger partial charge in [0.2, 0.25) is 0 Å². The summed E-state index contributed by atoms with van der Waals surface area (Å²) in [5, 5.41) is 4.55. The number of ether oxygens (including phenoxy) is 2. The number of rotatable bonds is 8. The van der Waals surface area contributed by atoms with Crippen molar-refractivity contribution >= 4 is 48.0 Å². The first-order chi connectivity index (χ1) is 13.2. The lowest BCUT2D eigenvalue weighted by Crippen LogP contribution is -2.12. The highest BCUT2D eigenvalue weighted by molar-refractivity contribution is 6.35. The van der Waals surface area contributed by atoms with Crippen molar-refractivity contribution in [1.29, 1.82) is 0 Å². The number of hydrogen-bond donors (Lipinski definition) is 1. The van der Waals surface area contributed by atoms with Crippen molar-refractivity contribution in [3.8, 4) is 11.5 Å². The van der Waals surface area contributed by atoms with Gasteiger partial charge in [-0.05, 0) is 41.5 Å². The molecule has 156 valence electrons. The van der Waals surface area contributed by atoms with E-state index in [1.807, 2.05) is 42.6 Å². The topological polar surface area (TPSA) is 43.4 Å². The van der Waals surface area contributed by atoms with Crippen LogP contribution in [0.15, 0.2) is 60.9 Å². The number of methoxy groups -OCH3 is 1. The van der Waals surface area contributed by atoms with Gasteiger partial charge >= 0.3 is 0 Å². The summed E-state index contributed by atoms with van der Waals surface area (Å²) in [7, 11) is 1.62. The van der Waals surface area contributed by atoms with Crippen LogP contribution in [0.25, 0.3) is 0 Å². The van der Waals surface area contributed by atoms with Gasteiger partial charge in [0.25, 0.3) is 0 Å². The molecule has 0 aliphatic rings. The molecule has 1 N–H and O–H groups in total. The first-order valence-electron chi connectivity index (χ1n) is 8.49. The molecule has 0 radical (unpaired) electrons. The number of hydrogen-bond acceptors (Lipinski definition) is 4. The molecule has 0 atom stereocenters. The number of halogens is 4. The summed E-state index contributed by atoms with van der Waals surface area (Å²) >= 11 is 12.4. The SMILES string of the molecule is COc1cc(CNCc2cccnc2)ccc1OCc1c(Cl)cccc1Cl.Cl.Cl. The number of nitrogens with one attached hydrogen (secondary N) is 1. The molecular weight excluding hydrogens is 454 g/mol. The van der Waals surface area contributed by atoms with E-state index in [2.05, 4.69) is 10.3 Å². The Hall–Kier alpha value is -1.69. The quantitative estimate of drug-likeness (QED) is 0.426. The summed E-state index contributed by atoms with van der Waals surface area (Å²) in [6.45, 7) is 1.73. The van der Waals surface area contributed by atoms with Crippen LogP contribution in [0.4, 0.5) is 0 Å².